The molecule has 1 N–H and O–H groups in total. The number of nitrogens with zero attached hydrogens (tertiary/aromatic N) is 1. The van der Waals surface area contributed by atoms with Crippen LogP contribution in [-0.4, -0.2) is 43.7 Å². The van der Waals surface area contributed by atoms with Gasteiger partial charge in [0.25, 0.3) is 5.91 Å². The summed E-state index contributed by atoms with van der Waals surface area (Å²) >= 11 is 0. The molecule has 0 aliphatic carbocycles. The highest BCUT2D eigenvalue weighted by atomic mass is 16.5. The highest BCUT2D eigenvalue weighted by Gasteiger charge is 2.21. The van der Waals surface area contributed by atoms with E-state index in [1.54, 1.807) is 4.90 Å². The number of rotatable bonds is 3. The van der Waals surface area contributed by atoms with Crippen LogP contribution in [0.1, 0.15) is 35.2 Å². The summed E-state index contributed by atoms with van der Waals surface area (Å²) in [6.07, 6.45) is 4.62. The highest BCUT2D eigenvalue weighted by molar-refractivity contribution is 5.95. The summed E-state index contributed by atoms with van der Waals surface area (Å²) in [6, 6.07) is 5.95. The van der Waals surface area contributed by atoms with Crippen LogP contribution in [0.2, 0.25) is 0 Å². The molecule has 1 amide bonds. The van der Waals surface area contributed by atoms with E-state index in [2.05, 4.69) is 5.32 Å². The maximum Gasteiger partial charge on any atom is 0.253 e. The average Bonchev–Trinajstić information content (AvgIpc) is 2.94. The molecule has 2 aliphatic heterocycles. The minimum Gasteiger partial charge on any atom is -0.384 e. The second-order valence-corrected chi connectivity index (χ2v) is 5.72. The molecular weight excluding hydrogens is 252 g/mol. The average molecular weight is 274 g/mol. The SMILES string of the molecule is CN(CC1CCCCO1)C(=O)c1ccc2c(c1)CCN2. The third-order valence-corrected chi connectivity index (χ3v) is 4.16. The molecule has 1 aromatic carbocycles. The predicted octanol–water partition coefficient (Wildman–Crippen LogP) is 2.30. The summed E-state index contributed by atoms with van der Waals surface area (Å²) in [6.45, 7) is 2.49. The quantitative estimate of drug-likeness (QED) is 0.919. The van der Waals surface area contributed by atoms with Gasteiger partial charge in [-0.15, -0.1) is 0 Å². The van der Waals surface area contributed by atoms with Crippen LogP contribution in [0.15, 0.2) is 18.2 Å². The normalized spacial score (nSPS) is 21.1. The van der Waals surface area contributed by atoms with Gasteiger partial charge in [-0.2, -0.15) is 0 Å². The molecule has 2 heterocycles. The van der Waals surface area contributed by atoms with E-state index in [1.165, 1.54) is 17.7 Å². The Morgan fingerprint density at radius 1 is 1.45 bits per heavy atom. The Kier molecular flexibility index (Phi) is 3.92. The molecule has 1 unspecified atom stereocenters. The first-order valence-corrected chi connectivity index (χ1v) is 7.48. The van der Waals surface area contributed by atoms with Crippen molar-refractivity contribution >= 4 is 11.6 Å². The van der Waals surface area contributed by atoms with E-state index in [0.29, 0.717) is 6.54 Å². The van der Waals surface area contributed by atoms with Gasteiger partial charge in [-0.1, -0.05) is 0 Å². The van der Waals surface area contributed by atoms with Crippen molar-refractivity contribution in [2.24, 2.45) is 0 Å². The lowest BCUT2D eigenvalue weighted by Crippen LogP contribution is -2.37. The van der Waals surface area contributed by atoms with E-state index in [1.807, 2.05) is 25.2 Å². The molecule has 4 nitrogen and oxygen atoms in total. The predicted molar refractivity (Wildman–Crippen MR) is 79.2 cm³/mol. The van der Waals surface area contributed by atoms with Gasteiger partial charge in [0.05, 0.1) is 6.10 Å². The maximum atomic E-state index is 12.5. The van der Waals surface area contributed by atoms with Crippen LogP contribution in [0.5, 0.6) is 0 Å². The fourth-order valence-electron chi connectivity index (χ4n) is 3.00. The van der Waals surface area contributed by atoms with Crippen molar-refractivity contribution in [2.75, 3.05) is 32.1 Å². The molecule has 20 heavy (non-hydrogen) atoms. The maximum absolute atomic E-state index is 12.5. The largest absolute Gasteiger partial charge is 0.384 e. The van der Waals surface area contributed by atoms with Gasteiger partial charge in [0, 0.05) is 38.0 Å². The van der Waals surface area contributed by atoms with Crippen molar-refractivity contribution in [2.45, 2.75) is 31.8 Å². The molecular formula is C16H22N2O2. The molecule has 1 fully saturated rings. The van der Waals surface area contributed by atoms with E-state index in [0.717, 1.165) is 38.0 Å². The van der Waals surface area contributed by atoms with Crippen LogP contribution in [0.25, 0.3) is 0 Å². The third-order valence-electron chi connectivity index (χ3n) is 4.16. The Bertz CT molecular complexity index is 495. The number of benzene rings is 1. The lowest BCUT2D eigenvalue weighted by Gasteiger charge is -2.27. The van der Waals surface area contributed by atoms with Crippen LogP contribution >= 0.6 is 0 Å². The van der Waals surface area contributed by atoms with Crippen molar-refractivity contribution in [3.05, 3.63) is 29.3 Å². The van der Waals surface area contributed by atoms with E-state index in [-0.39, 0.29) is 12.0 Å². The summed E-state index contributed by atoms with van der Waals surface area (Å²) < 4.78 is 5.70. The van der Waals surface area contributed by atoms with Gasteiger partial charge in [0.1, 0.15) is 0 Å². The Hall–Kier alpha value is -1.55. The van der Waals surface area contributed by atoms with E-state index < -0.39 is 0 Å². The van der Waals surface area contributed by atoms with Crippen molar-refractivity contribution in [3.63, 3.8) is 0 Å². The number of likely N-dealkylation sites (N-methyl/N-ethyl adjacent to an activating group) is 1. The molecule has 1 atom stereocenters. The van der Waals surface area contributed by atoms with Crippen LogP contribution in [-0.2, 0) is 11.2 Å². The van der Waals surface area contributed by atoms with Gasteiger partial charge in [0.15, 0.2) is 0 Å². The molecule has 4 heteroatoms. The van der Waals surface area contributed by atoms with Crippen LogP contribution in [0, 0.1) is 0 Å². The third kappa shape index (κ3) is 2.80. The van der Waals surface area contributed by atoms with E-state index >= 15 is 0 Å². The summed E-state index contributed by atoms with van der Waals surface area (Å²) in [5.41, 5.74) is 3.20. The first kappa shape index (κ1) is 13.4. The van der Waals surface area contributed by atoms with E-state index in [9.17, 15) is 4.79 Å². The zero-order chi connectivity index (χ0) is 13.9. The van der Waals surface area contributed by atoms with Crippen LogP contribution in [0.3, 0.4) is 0 Å². The number of fused-ring (bicyclic) bond motifs is 1. The minimum absolute atomic E-state index is 0.0915. The van der Waals surface area contributed by atoms with Crippen molar-refractivity contribution in [1.29, 1.82) is 0 Å². The first-order valence-electron chi connectivity index (χ1n) is 7.48. The van der Waals surface area contributed by atoms with Gasteiger partial charge in [0.2, 0.25) is 0 Å². The number of hydrogen-bond donors (Lipinski definition) is 1. The lowest BCUT2D eigenvalue weighted by molar-refractivity contribution is -0.000188. The van der Waals surface area contributed by atoms with Crippen LogP contribution < -0.4 is 5.32 Å². The number of carbonyl (C=O) groups excluding carboxylic acids is 1. The molecule has 1 saturated heterocycles. The number of hydrogen-bond acceptors (Lipinski definition) is 3. The van der Waals surface area contributed by atoms with Crippen molar-refractivity contribution in [1.82, 2.24) is 4.90 Å². The Morgan fingerprint density at radius 3 is 3.15 bits per heavy atom. The summed E-state index contributed by atoms with van der Waals surface area (Å²) in [4.78, 5) is 14.3. The zero-order valence-corrected chi connectivity index (χ0v) is 12.0. The first-order chi connectivity index (χ1) is 9.74. The molecule has 0 saturated carbocycles. The number of anilines is 1. The number of amides is 1. The van der Waals surface area contributed by atoms with Gasteiger partial charge in [-0.25, -0.2) is 0 Å². The molecule has 108 valence electrons. The monoisotopic (exact) mass is 274 g/mol. The topological polar surface area (TPSA) is 41.6 Å². The Balaban J connectivity index is 1.65. The molecule has 2 aliphatic rings. The zero-order valence-electron chi connectivity index (χ0n) is 12.0. The van der Waals surface area contributed by atoms with Gasteiger partial charge in [-0.05, 0) is 49.4 Å². The number of carbonyl (C=O) groups is 1. The summed E-state index contributed by atoms with van der Waals surface area (Å²) in [5, 5.41) is 3.32. The Morgan fingerprint density at radius 2 is 2.35 bits per heavy atom. The highest BCUT2D eigenvalue weighted by Crippen LogP contribution is 2.23. The lowest BCUT2D eigenvalue weighted by atomic mass is 10.1. The summed E-state index contributed by atoms with van der Waals surface area (Å²) in [5.74, 6) is 0.0915. The van der Waals surface area contributed by atoms with Gasteiger partial charge >= 0.3 is 0 Å². The van der Waals surface area contributed by atoms with Gasteiger partial charge in [-0.3, -0.25) is 4.79 Å². The Labute approximate surface area is 120 Å². The molecule has 0 spiro atoms. The van der Waals surface area contributed by atoms with E-state index in [4.69, 9.17) is 4.74 Å². The molecule has 1 aromatic rings. The molecule has 0 aromatic heterocycles. The second kappa shape index (κ2) is 5.83. The molecule has 0 bridgehead atoms. The van der Waals surface area contributed by atoms with Crippen molar-refractivity contribution in [3.8, 4) is 0 Å². The fourth-order valence-corrected chi connectivity index (χ4v) is 3.00. The van der Waals surface area contributed by atoms with Crippen LogP contribution in [0.4, 0.5) is 5.69 Å². The molecule has 0 radical (unpaired) electrons. The van der Waals surface area contributed by atoms with Gasteiger partial charge < -0.3 is 15.0 Å². The fraction of sp³-hybridized carbons (Fsp3) is 0.562. The smallest absolute Gasteiger partial charge is 0.253 e. The van der Waals surface area contributed by atoms with Crippen molar-refractivity contribution < 1.29 is 9.53 Å². The standard InChI is InChI=1S/C16H22N2O2/c1-18(11-14-4-2-3-9-20-14)16(19)13-5-6-15-12(10-13)7-8-17-15/h5-6,10,14,17H,2-4,7-9,11H2,1H3. The number of nitrogens with one attached hydrogen (secondary N) is 1. The summed E-state index contributed by atoms with van der Waals surface area (Å²) in [7, 11) is 1.87. The molecule has 3 rings (SSSR count). The number of ether oxygens (including phenoxy) is 1. The second-order valence-electron chi connectivity index (χ2n) is 5.72. The minimum atomic E-state index is 0.0915.